The van der Waals surface area contributed by atoms with Gasteiger partial charge in [0.2, 0.25) is 0 Å². The van der Waals surface area contributed by atoms with E-state index in [9.17, 15) is 4.79 Å². The van der Waals surface area contributed by atoms with Crippen molar-refractivity contribution in [3.8, 4) is 5.75 Å². The average Bonchev–Trinajstić information content (AvgIpc) is 3.05. The van der Waals surface area contributed by atoms with Gasteiger partial charge < -0.3 is 15.0 Å². The smallest absolute Gasteiger partial charge is 0.274 e. The second kappa shape index (κ2) is 7.95. The maximum Gasteiger partial charge on any atom is 0.274 e. The summed E-state index contributed by atoms with van der Waals surface area (Å²) in [5.41, 5.74) is 4.49. The Morgan fingerprint density at radius 1 is 1.14 bits per heavy atom. The molecule has 0 aliphatic carbocycles. The molecule has 1 unspecified atom stereocenters. The average molecular weight is 387 g/mol. The molecule has 1 atom stereocenters. The first-order valence-electron chi connectivity index (χ1n) is 9.93. The van der Waals surface area contributed by atoms with Crippen LogP contribution in [0, 0.1) is 0 Å². The quantitative estimate of drug-likeness (QED) is 0.653. The van der Waals surface area contributed by atoms with Crippen LogP contribution in [0.15, 0.2) is 66.9 Å². The molecule has 1 amide bonds. The topological polar surface area (TPSA) is 54.5 Å². The van der Waals surface area contributed by atoms with E-state index >= 15 is 0 Å². The number of fused-ring (bicyclic) bond motifs is 1. The molecule has 1 N–H and O–H groups in total. The molecule has 3 aromatic rings. The van der Waals surface area contributed by atoms with Crippen LogP contribution in [0.3, 0.4) is 0 Å². The number of carbonyl (C=O) groups is 1. The van der Waals surface area contributed by atoms with Crippen LogP contribution >= 0.6 is 0 Å². The van der Waals surface area contributed by atoms with Crippen LogP contribution < -0.4 is 15.0 Å². The van der Waals surface area contributed by atoms with Crippen molar-refractivity contribution < 1.29 is 9.53 Å². The molecular weight excluding hydrogens is 362 g/mol. The summed E-state index contributed by atoms with van der Waals surface area (Å²) < 4.78 is 5.80. The van der Waals surface area contributed by atoms with Crippen LogP contribution in [-0.2, 0) is 6.42 Å². The summed E-state index contributed by atoms with van der Waals surface area (Å²) in [5.74, 6) is 0.390. The van der Waals surface area contributed by atoms with Crippen molar-refractivity contribution in [1.29, 1.82) is 0 Å². The fourth-order valence-corrected chi connectivity index (χ4v) is 3.77. The number of para-hydroxylation sites is 3. The lowest BCUT2D eigenvalue weighted by atomic mass is 10.1. The number of nitrogens with zero attached hydrogens (tertiary/aromatic N) is 2. The molecule has 1 aliphatic heterocycles. The lowest BCUT2D eigenvalue weighted by molar-refractivity contribution is 0.102. The number of aromatic nitrogens is 1. The molecule has 0 radical (unpaired) electrons. The second-order valence-corrected chi connectivity index (χ2v) is 7.57. The van der Waals surface area contributed by atoms with Crippen molar-refractivity contribution in [2.45, 2.75) is 39.3 Å². The summed E-state index contributed by atoms with van der Waals surface area (Å²) in [6, 6.07) is 20.0. The van der Waals surface area contributed by atoms with Crippen molar-refractivity contribution in [2.75, 3.05) is 10.2 Å². The fourth-order valence-electron chi connectivity index (χ4n) is 3.77. The fraction of sp³-hybridized carbons (Fsp3) is 0.250. The third-order valence-electron chi connectivity index (χ3n) is 4.96. The van der Waals surface area contributed by atoms with Crippen LogP contribution in [0.4, 0.5) is 17.1 Å². The van der Waals surface area contributed by atoms with Crippen molar-refractivity contribution in [3.05, 3.63) is 78.1 Å². The third kappa shape index (κ3) is 3.94. The zero-order valence-electron chi connectivity index (χ0n) is 16.9. The zero-order valence-corrected chi connectivity index (χ0v) is 16.9. The van der Waals surface area contributed by atoms with E-state index in [0.29, 0.717) is 23.2 Å². The summed E-state index contributed by atoms with van der Waals surface area (Å²) in [5, 5.41) is 2.94. The Morgan fingerprint density at radius 3 is 2.72 bits per heavy atom. The van der Waals surface area contributed by atoms with Gasteiger partial charge in [0.1, 0.15) is 11.4 Å². The Morgan fingerprint density at radius 2 is 1.90 bits per heavy atom. The maximum atomic E-state index is 12.9. The highest BCUT2D eigenvalue weighted by atomic mass is 16.5. The summed E-state index contributed by atoms with van der Waals surface area (Å²) in [6.45, 7) is 6.11. The number of rotatable bonds is 5. The molecule has 5 nitrogen and oxygen atoms in total. The van der Waals surface area contributed by atoms with Crippen molar-refractivity contribution in [3.63, 3.8) is 0 Å². The standard InChI is InChI=1S/C24H25N3O2/c1-16(2)29-23-11-7-5-9-20(23)26-24(28)21-15-19(12-13-25-21)27-17(3)14-18-8-4-6-10-22(18)27/h4-13,15-17H,14H2,1-3H3,(H,26,28). The molecule has 2 heterocycles. The predicted octanol–water partition coefficient (Wildman–Crippen LogP) is 5.20. The predicted molar refractivity (Wildman–Crippen MR) is 116 cm³/mol. The Balaban J connectivity index is 1.59. The van der Waals surface area contributed by atoms with Crippen molar-refractivity contribution >= 4 is 23.0 Å². The Labute approximate surface area is 171 Å². The first-order valence-corrected chi connectivity index (χ1v) is 9.93. The summed E-state index contributed by atoms with van der Waals surface area (Å²) in [6.07, 6.45) is 2.69. The number of anilines is 3. The van der Waals surface area contributed by atoms with Crippen molar-refractivity contribution in [2.24, 2.45) is 0 Å². The van der Waals surface area contributed by atoms with E-state index < -0.39 is 0 Å². The number of hydrogen-bond acceptors (Lipinski definition) is 4. The first-order chi connectivity index (χ1) is 14.0. The zero-order chi connectivity index (χ0) is 20.4. The molecule has 2 aromatic carbocycles. The summed E-state index contributed by atoms with van der Waals surface area (Å²) >= 11 is 0. The van der Waals surface area contributed by atoms with Gasteiger partial charge in [0.25, 0.3) is 5.91 Å². The van der Waals surface area contributed by atoms with Crippen LogP contribution in [0.5, 0.6) is 5.75 Å². The SMILES string of the molecule is CC(C)Oc1ccccc1NC(=O)c1cc(N2c3ccccc3CC2C)ccn1. The highest BCUT2D eigenvalue weighted by Crippen LogP contribution is 2.38. The molecular formula is C24H25N3O2. The van der Waals surface area contributed by atoms with E-state index in [4.69, 9.17) is 4.74 Å². The van der Waals surface area contributed by atoms with Crippen LogP contribution in [0.2, 0.25) is 0 Å². The Kier molecular flexibility index (Phi) is 5.21. The van der Waals surface area contributed by atoms with E-state index in [1.54, 1.807) is 6.20 Å². The van der Waals surface area contributed by atoms with E-state index in [-0.39, 0.29) is 12.0 Å². The second-order valence-electron chi connectivity index (χ2n) is 7.57. The summed E-state index contributed by atoms with van der Waals surface area (Å²) in [4.78, 5) is 19.5. The van der Waals surface area contributed by atoms with E-state index in [2.05, 4.69) is 40.3 Å². The number of nitrogens with one attached hydrogen (secondary N) is 1. The highest BCUT2D eigenvalue weighted by molar-refractivity contribution is 6.04. The minimum Gasteiger partial charge on any atom is -0.489 e. The van der Waals surface area contributed by atoms with E-state index in [1.165, 1.54) is 11.3 Å². The number of amides is 1. The Bertz CT molecular complexity index is 1030. The van der Waals surface area contributed by atoms with Gasteiger partial charge in [0, 0.05) is 23.6 Å². The molecule has 148 valence electrons. The molecule has 0 fully saturated rings. The van der Waals surface area contributed by atoms with Crippen LogP contribution in [0.1, 0.15) is 36.8 Å². The van der Waals surface area contributed by atoms with Gasteiger partial charge in [-0.25, -0.2) is 0 Å². The largest absolute Gasteiger partial charge is 0.489 e. The maximum absolute atomic E-state index is 12.9. The van der Waals surface area contributed by atoms with Gasteiger partial charge in [-0.15, -0.1) is 0 Å². The molecule has 1 aromatic heterocycles. The minimum atomic E-state index is -0.258. The van der Waals surface area contributed by atoms with Gasteiger partial charge in [-0.05, 0) is 63.1 Å². The molecule has 0 saturated heterocycles. The normalized spacial score (nSPS) is 15.3. The lowest BCUT2D eigenvalue weighted by Gasteiger charge is -2.25. The van der Waals surface area contributed by atoms with E-state index in [1.807, 2.05) is 56.3 Å². The lowest BCUT2D eigenvalue weighted by Crippen LogP contribution is -2.24. The van der Waals surface area contributed by atoms with Gasteiger partial charge in [-0.3, -0.25) is 9.78 Å². The monoisotopic (exact) mass is 387 g/mol. The number of hydrogen-bond donors (Lipinski definition) is 1. The molecule has 1 aliphatic rings. The van der Waals surface area contributed by atoms with Gasteiger partial charge in [-0.1, -0.05) is 30.3 Å². The third-order valence-corrected chi connectivity index (χ3v) is 4.96. The van der Waals surface area contributed by atoms with Gasteiger partial charge in [0.15, 0.2) is 0 Å². The number of carbonyl (C=O) groups excluding carboxylic acids is 1. The van der Waals surface area contributed by atoms with Crippen LogP contribution in [0.25, 0.3) is 0 Å². The Hall–Kier alpha value is -3.34. The van der Waals surface area contributed by atoms with Gasteiger partial charge in [-0.2, -0.15) is 0 Å². The molecule has 29 heavy (non-hydrogen) atoms. The minimum absolute atomic E-state index is 0.0197. The van der Waals surface area contributed by atoms with Crippen molar-refractivity contribution in [1.82, 2.24) is 4.98 Å². The molecule has 0 spiro atoms. The molecule has 5 heteroatoms. The number of ether oxygens (including phenoxy) is 1. The van der Waals surface area contributed by atoms with Gasteiger partial charge in [0.05, 0.1) is 11.8 Å². The molecule has 4 rings (SSSR count). The van der Waals surface area contributed by atoms with Gasteiger partial charge >= 0.3 is 0 Å². The summed E-state index contributed by atoms with van der Waals surface area (Å²) in [7, 11) is 0. The molecule has 0 saturated carbocycles. The highest BCUT2D eigenvalue weighted by Gasteiger charge is 2.27. The van der Waals surface area contributed by atoms with E-state index in [0.717, 1.165) is 12.1 Å². The first kappa shape index (κ1) is 19.0. The number of benzene rings is 2. The number of pyridine rings is 1. The van der Waals surface area contributed by atoms with Crippen LogP contribution in [-0.4, -0.2) is 23.0 Å². The molecule has 0 bridgehead atoms.